The van der Waals surface area contributed by atoms with Gasteiger partial charge in [-0.2, -0.15) is 0 Å². The summed E-state index contributed by atoms with van der Waals surface area (Å²) < 4.78 is 35.7. The van der Waals surface area contributed by atoms with Gasteiger partial charge in [0.2, 0.25) is 5.79 Å². The van der Waals surface area contributed by atoms with E-state index in [4.69, 9.17) is 42.4 Å². The van der Waals surface area contributed by atoms with Gasteiger partial charge in [0.25, 0.3) is 0 Å². The molecule has 3 aliphatic heterocycles. The SMILES string of the molecule is C[C@@]1(c2ccc(Cl)cc2F)Oc2ccccc2C(C2CCN(Cc3nc4c(Cl)c(C(=O)O)sc4n3C[C@@H]3CCO3)CC2)O1. The first-order valence-electron chi connectivity index (χ1n) is 14.4. The predicted octanol–water partition coefficient (Wildman–Crippen LogP) is 7.27. The van der Waals surface area contributed by atoms with E-state index in [0.717, 1.165) is 66.5 Å². The summed E-state index contributed by atoms with van der Waals surface area (Å²) in [5.41, 5.74) is 1.81. The number of imidazole rings is 1. The van der Waals surface area contributed by atoms with Gasteiger partial charge in [-0.1, -0.05) is 41.4 Å². The molecule has 2 aromatic heterocycles. The van der Waals surface area contributed by atoms with Crippen molar-refractivity contribution in [2.45, 2.75) is 57.3 Å². The highest BCUT2D eigenvalue weighted by Gasteiger charge is 2.44. The summed E-state index contributed by atoms with van der Waals surface area (Å²) in [4.78, 5) is 19.7. The smallest absolute Gasteiger partial charge is 0.347 e. The third kappa shape index (κ3) is 5.32. The van der Waals surface area contributed by atoms with Crippen molar-refractivity contribution in [3.05, 3.63) is 80.2 Å². The van der Waals surface area contributed by atoms with Crippen LogP contribution in [-0.4, -0.2) is 51.3 Å². The molecule has 0 amide bonds. The molecular weight excluding hydrogens is 616 g/mol. The van der Waals surface area contributed by atoms with Crippen LogP contribution in [-0.2, 0) is 28.4 Å². The highest BCUT2D eigenvalue weighted by atomic mass is 35.5. The van der Waals surface area contributed by atoms with Gasteiger partial charge in [-0.25, -0.2) is 14.2 Å². The number of carboxylic acids is 1. The Morgan fingerprint density at radius 2 is 1.95 bits per heavy atom. The summed E-state index contributed by atoms with van der Waals surface area (Å²) in [6.07, 6.45) is 2.50. The van der Waals surface area contributed by atoms with Crippen molar-refractivity contribution >= 4 is 50.9 Å². The molecular formula is C31H30Cl2FN3O5S. The third-order valence-electron chi connectivity index (χ3n) is 8.71. The standard InChI is InChI=1S/C31H30Cl2FN3O5S/c1-31(21-7-6-18(32)14-22(21)34)41-23-5-3-2-4-20(23)27(42-31)17-8-11-36(12-9-17)16-24-35-26-25(33)28(30(38)39)43-29(26)37(24)15-19-10-13-40-19/h2-7,14,17,19,27H,8-13,15-16H2,1H3,(H,38,39)/t19-,27?,31+/m0/s1. The summed E-state index contributed by atoms with van der Waals surface area (Å²) in [6, 6.07) is 12.4. The number of rotatable bonds is 7. The zero-order valence-electron chi connectivity index (χ0n) is 23.4. The van der Waals surface area contributed by atoms with Gasteiger partial charge in [0.1, 0.15) is 32.6 Å². The van der Waals surface area contributed by atoms with Crippen molar-refractivity contribution < 1.29 is 28.5 Å². The maximum absolute atomic E-state index is 15.1. The fourth-order valence-electron chi connectivity index (χ4n) is 6.34. The molecule has 0 aliphatic carbocycles. The van der Waals surface area contributed by atoms with Gasteiger partial charge in [0.15, 0.2) is 0 Å². The van der Waals surface area contributed by atoms with E-state index >= 15 is 4.39 Å². The van der Waals surface area contributed by atoms with Crippen LogP contribution in [0.15, 0.2) is 42.5 Å². The number of aromatic carboxylic acids is 1. The number of hydrogen-bond donors (Lipinski definition) is 1. The van der Waals surface area contributed by atoms with Crippen molar-refractivity contribution in [3.8, 4) is 5.75 Å². The minimum Gasteiger partial charge on any atom is -0.477 e. The van der Waals surface area contributed by atoms with Gasteiger partial charge >= 0.3 is 5.97 Å². The van der Waals surface area contributed by atoms with E-state index in [2.05, 4.69) is 9.47 Å². The lowest BCUT2D eigenvalue weighted by Crippen LogP contribution is -2.43. The first-order chi connectivity index (χ1) is 20.7. The molecule has 0 bridgehead atoms. The quantitative estimate of drug-likeness (QED) is 0.226. The number of likely N-dealkylation sites (tertiary alicyclic amines) is 1. The number of thiophene rings is 1. The van der Waals surface area contributed by atoms with E-state index in [1.54, 1.807) is 19.1 Å². The number of carboxylic acid groups (broad SMARTS) is 1. The average Bonchev–Trinajstić information content (AvgIpc) is 3.46. The number of nitrogens with zero attached hydrogens (tertiary/aromatic N) is 3. The molecule has 3 atom stereocenters. The average molecular weight is 647 g/mol. The van der Waals surface area contributed by atoms with Crippen LogP contribution < -0.4 is 4.74 Å². The Kier molecular flexibility index (Phi) is 7.64. The predicted molar refractivity (Wildman–Crippen MR) is 162 cm³/mol. The highest BCUT2D eigenvalue weighted by Crippen LogP contribution is 2.49. The number of para-hydroxylation sites is 1. The molecule has 8 nitrogen and oxygen atoms in total. The molecule has 2 saturated heterocycles. The fraction of sp³-hybridized carbons (Fsp3) is 0.419. The second-order valence-electron chi connectivity index (χ2n) is 11.5. The number of halogens is 3. The molecule has 1 unspecified atom stereocenters. The summed E-state index contributed by atoms with van der Waals surface area (Å²) in [5, 5.41) is 10.1. The Labute approximate surface area is 261 Å². The Balaban J connectivity index is 1.11. The maximum atomic E-state index is 15.1. The Hall–Kier alpha value is -2.73. The molecule has 2 fully saturated rings. The number of benzene rings is 2. The van der Waals surface area contributed by atoms with E-state index in [1.165, 1.54) is 6.07 Å². The molecule has 0 radical (unpaired) electrons. The van der Waals surface area contributed by atoms with Gasteiger partial charge < -0.3 is 23.9 Å². The number of ether oxygens (including phenoxy) is 3. The second-order valence-corrected chi connectivity index (χ2v) is 13.3. The number of hydrogen-bond acceptors (Lipinski definition) is 7. The summed E-state index contributed by atoms with van der Waals surface area (Å²) in [6.45, 7) is 5.35. The van der Waals surface area contributed by atoms with Crippen LogP contribution in [0.3, 0.4) is 0 Å². The molecule has 7 rings (SSSR count). The van der Waals surface area contributed by atoms with Gasteiger partial charge in [-0.05, 0) is 62.5 Å². The summed E-state index contributed by atoms with van der Waals surface area (Å²) in [5.74, 6) is -1.09. The minimum atomic E-state index is -1.31. The normalized spacial score (nSPS) is 24.5. The van der Waals surface area contributed by atoms with Crippen molar-refractivity contribution in [1.82, 2.24) is 14.5 Å². The molecule has 226 valence electrons. The highest BCUT2D eigenvalue weighted by molar-refractivity contribution is 7.21. The first-order valence-corrected chi connectivity index (χ1v) is 15.9. The zero-order chi connectivity index (χ0) is 29.9. The lowest BCUT2D eigenvalue weighted by atomic mass is 9.85. The zero-order valence-corrected chi connectivity index (χ0v) is 25.7. The van der Waals surface area contributed by atoms with Gasteiger partial charge in [-0.3, -0.25) is 4.90 Å². The van der Waals surface area contributed by atoms with Crippen LogP contribution in [0.25, 0.3) is 10.3 Å². The Morgan fingerprint density at radius 3 is 2.65 bits per heavy atom. The number of carbonyl (C=O) groups is 1. The third-order valence-corrected chi connectivity index (χ3v) is 10.6. The van der Waals surface area contributed by atoms with Crippen molar-refractivity contribution in [2.24, 2.45) is 5.92 Å². The fourth-order valence-corrected chi connectivity index (χ4v) is 7.89. The van der Waals surface area contributed by atoms with Crippen LogP contribution in [0.4, 0.5) is 4.39 Å². The van der Waals surface area contributed by atoms with E-state index in [-0.39, 0.29) is 28.0 Å². The van der Waals surface area contributed by atoms with E-state index in [0.29, 0.717) is 34.9 Å². The van der Waals surface area contributed by atoms with E-state index < -0.39 is 17.6 Å². The number of fused-ring (bicyclic) bond motifs is 2. The molecule has 12 heteroatoms. The van der Waals surface area contributed by atoms with Crippen molar-refractivity contribution in [2.75, 3.05) is 19.7 Å². The van der Waals surface area contributed by atoms with Gasteiger partial charge in [0, 0.05) is 24.1 Å². The molecule has 1 N–H and O–H groups in total. The van der Waals surface area contributed by atoms with E-state index in [1.807, 2.05) is 24.3 Å². The topological polar surface area (TPSA) is 86.1 Å². The number of piperidine rings is 1. The lowest BCUT2D eigenvalue weighted by Gasteiger charge is -2.44. The summed E-state index contributed by atoms with van der Waals surface area (Å²) >= 11 is 13.6. The van der Waals surface area contributed by atoms with Crippen LogP contribution in [0.5, 0.6) is 5.75 Å². The lowest BCUT2D eigenvalue weighted by molar-refractivity contribution is -0.243. The summed E-state index contributed by atoms with van der Waals surface area (Å²) in [7, 11) is 0. The van der Waals surface area contributed by atoms with E-state index in [9.17, 15) is 9.90 Å². The molecule has 4 aromatic rings. The number of aromatic nitrogens is 2. The maximum Gasteiger partial charge on any atom is 0.347 e. The molecule has 2 aromatic carbocycles. The van der Waals surface area contributed by atoms with Gasteiger partial charge in [0.05, 0.1) is 35.9 Å². The monoisotopic (exact) mass is 645 g/mol. The van der Waals surface area contributed by atoms with Crippen LogP contribution in [0.2, 0.25) is 10.0 Å². The second kappa shape index (κ2) is 11.3. The van der Waals surface area contributed by atoms with Crippen LogP contribution in [0, 0.1) is 11.7 Å². The Morgan fingerprint density at radius 1 is 1.19 bits per heavy atom. The van der Waals surface area contributed by atoms with Crippen LogP contribution >= 0.6 is 34.5 Å². The van der Waals surface area contributed by atoms with Crippen LogP contribution in [0.1, 0.15) is 58.9 Å². The van der Waals surface area contributed by atoms with Crippen molar-refractivity contribution in [3.63, 3.8) is 0 Å². The van der Waals surface area contributed by atoms with Crippen molar-refractivity contribution in [1.29, 1.82) is 0 Å². The van der Waals surface area contributed by atoms with Gasteiger partial charge in [-0.15, -0.1) is 11.3 Å². The molecule has 0 saturated carbocycles. The molecule has 43 heavy (non-hydrogen) atoms. The minimum absolute atomic E-state index is 0.0848. The Bertz CT molecular complexity index is 1700. The first kappa shape index (κ1) is 29.0. The largest absolute Gasteiger partial charge is 0.477 e. The molecule has 5 heterocycles. The molecule has 3 aliphatic rings. The molecule has 0 spiro atoms.